The second-order valence-electron chi connectivity index (χ2n) is 5.33. The number of anilines is 1. The molecule has 3 rings (SSSR count). The van der Waals surface area contributed by atoms with Gasteiger partial charge in [0.25, 0.3) is 5.91 Å². The highest BCUT2D eigenvalue weighted by atomic mass is 35.5. The average molecular weight is 393 g/mol. The number of nitrogens with zero attached hydrogens (tertiary/aromatic N) is 1. The zero-order valence-electron chi connectivity index (χ0n) is 13.9. The third-order valence-electron chi connectivity index (χ3n) is 3.80. The molecule has 26 heavy (non-hydrogen) atoms. The van der Waals surface area contributed by atoms with Gasteiger partial charge in [0.2, 0.25) is 0 Å². The Bertz CT molecular complexity index is 966. The SMILES string of the molecule is Cn1c(C(=O)Nc2ccc(C(=N)N)cc2)cc2c(Cl)c(Cl)ccc21.NN. The second kappa shape index (κ2) is 8.20. The molecule has 9 heteroatoms. The highest BCUT2D eigenvalue weighted by Gasteiger charge is 2.16. The highest BCUT2D eigenvalue weighted by Crippen LogP contribution is 2.32. The molecule has 1 heterocycles. The van der Waals surface area contributed by atoms with Crippen LogP contribution in [0.25, 0.3) is 10.9 Å². The maximum absolute atomic E-state index is 12.5. The first kappa shape index (κ1) is 19.7. The predicted molar refractivity (Wildman–Crippen MR) is 107 cm³/mol. The van der Waals surface area contributed by atoms with E-state index in [-0.39, 0.29) is 11.7 Å². The number of amidine groups is 1. The lowest BCUT2D eigenvalue weighted by Gasteiger charge is -2.07. The molecule has 2 aromatic carbocycles. The minimum Gasteiger partial charge on any atom is -0.384 e. The van der Waals surface area contributed by atoms with E-state index in [4.69, 9.17) is 34.3 Å². The summed E-state index contributed by atoms with van der Waals surface area (Å²) >= 11 is 12.2. The van der Waals surface area contributed by atoms with Crippen molar-refractivity contribution in [2.45, 2.75) is 0 Å². The van der Waals surface area contributed by atoms with Crippen LogP contribution in [0.2, 0.25) is 10.0 Å². The van der Waals surface area contributed by atoms with Crippen molar-refractivity contribution < 1.29 is 4.79 Å². The molecule has 0 aliphatic rings. The summed E-state index contributed by atoms with van der Waals surface area (Å²) in [6, 6.07) is 12.0. The number of carbonyl (C=O) groups excluding carboxylic acids is 1. The highest BCUT2D eigenvalue weighted by molar-refractivity contribution is 6.45. The van der Waals surface area contributed by atoms with E-state index < -0.39 is 0 Å². The van der Waals surface area contributed by atoms with Gasteiger partial charge in [0.15, 0.2) is 0 Å². The van der Waals surface area contributed by atoms with Gasteiger partial charge in [-0.05, 0) is 42.5 Å². The number of hydrogen-bond donors (Lipinski definition) is 5. The van der Waals surface area contributed by atoms with E-state index in [0.717, 1.165) is 10.9 Å². The Morgan fingerprint density at radius 3 is 2.31 bits per heavy atom. The van der Waals surface area contributed by atoms with Crippen LogP contribution in [-0.4, -0.2) is 16.3 Å². The number of benzene rings is 2. The molecule has 7 nitrogen and oxygen atoms in total. The van der Waals surface area contributed by atoms with Gasteiger partial charge >= 0.3 is 0 Å². The summed E-state index contributed by atoms with van der Waals surface area (Å²) in [7, 11) is 1.79. The van der Waals surface area contributed by atoms with Crippen molar-refractivity contribution in [2.24, 2.45) is 24.5 Å². The summed E-state index contributed by atoms with van der Waals surface area (Å²) in [5.74, 6) is 7.71. The van der Waals surface area contributed by atoms with Crippen molar-refractivity contribution in [3.63, 3.8) is 0 Å². The predicted octanol–water partition coefficient (Wildman–Crippen LogP) is 2.84. The van der Waals surface area contributed by atoms with Crippen molar-refractivity contribution in [1.82, 2.24) is 4.57 Å². The van der Waals surface area contributed by atoms with E-state index in [9.17, 15) is 4.79 Å². The van der Waals surface area contributed by atoms with E-state index in [1.807, 2.05) is 6.07 Å². The number of rotatable bonds is 3. The Hall–Kier alpha value is -2.58. The fourth-order valence-electron chi connectivity index (χ4n) is 2.50. The standard InChI is InChI=1S/C17H14Cl2N4O.H4N2/c1-23-13-7-6-12(18)15(19)11(13)8-14(23)17(24)22-10-4-2-9(3-5-10)16(20)21;1-2/h2-8H,1H3,(H3,20,21)(H,22,24);1-2H2. The van der Waals surface area contributed by atoms with E-state index in [1.54, 1.807) is 48.0 Å². The number of hydrazine groups is 1. The van der Waals surface area contributed by atoms with Gasteiger partial charge in [0, 0.05) is 29.2 Å². The molecule has 136 valence electrons. The summed E-state index contributed by atoms with van der Waals surface area (Å²) in [5, 5.41) is 11.8. The lowest BCUT2D eigenvalue weighted by atomic mass is 10.2. The zero-order chi connectivity index (χ0) is 19.4. The maximum Gasteiger partial charge on any atom is 0.272 e. The quantitative estimate of drug-likeness (QED) is 0.202. The molecule has 0 spiro atoms. The third kappa shape index (κ3) is 3.81. The average Bonchev–Trinajstić information content (AvgIpc) is 2.98. The van der Waals surface area contributed by atoms with Crippen LogP contribution < -0.4 is 22.7 Å². The van der Waals surface area contributed by atoms with Crippen LogP contribution in [-0.2, 0) is 7.05 Å². The number of amides is 1. The molecule has 0 atom stereocenters. The molecule has 1 amide bonds. The van der Waals surface area contributed by atoms with Crippen LogP contribution in [0.5, 0.6) is 0 Å². The van der Waals surface area contributed by atoms with Crippen molar-refractivity contribution in [1.29, 1.82) is 5.41 Å². The Labute approximate surface area is 160 Å². The van der Waals surface area contributed by atoms with Crippen LogP contribution in [0, 0.1) is 5.41 Å². The summed E-state index contributed by atoms with van der Waals surface area (Å²) in [6.07, 6.45) is 0. The fraction of sp³-hybridized carbons (Fsp3) is 0.0588. The second-order valence-corrected chi connectivity index (χ2v) is 6.11. The number of halogens is 2. The van der Waals surface area contributed by atoms with Crippen LogP contribution in [0.4, 0.5) is 5.69 Å². The summed E-state index contributed by atoms with van der Waals surface area (Å²) in [6.45, 7) is 0. The topological polar surface area (TPSA) is 136 Å². The molecule has 0 unspecified atom stereocenters. The first-order valence-electron chi connectivity index (χ1n) is 7.41. The number of hydrogen-bond acceptors (Lipinski definition) is 4. The summed E-state index contributed by atoms with van der Waals surface area (Å²) < 4.78 is 1.76. The van der Waals surface area contributed by atoms with Crippen molar-refractivity contribution in [3.8, 4) is 0 Å². The van der Waals surface area contributed by atoms with Gasteiger partial charge in [-0.15, -0.1) is 0 Å². The van der Waals surface area contributed by atoms with Gasteiger partial charge < -0.3 is 15.6 Å². The van der Waals surface area contributed by atoms with E-state index in [2.05, 4.69) is 17.0 Å². The number of nitrogens with one attached hydrogen (secondary N) is 2. The summed E-state index contributed by atoms with van der Waals surface area (Å²) in [4.78, 5) is 12.5. The summed E-state index contributed by atoms with van der Waals surface area (Å²) in [5.41, 5.74) is 7.91. The molecule has 0 radical (unpaired) electrons. The lowest BCUT2D eigenvalue weighted by Crippen LogP contribution is -2.16. The smallest absolute Gasteiger partial charge is 0.272 e. The minimum absolute atomic E-state index is 0.0203. The first-order chi connectivity index (χ1) is 12.4. The molecule has 1 aromatic heterocycles. The van der Waals surface area contributed by atoms with Crippen LogP contribution in [0.15, 0.2) is 42.5 Å². The van der Waals surface area contributed by atoms with Gasteiger partial charge in [-0.1, -0.05) is 23.2 Å². The zero-order valence-corrected chi connectivity index (χ0v) is 15.4. The molecule has 3 aromatic rings. The Morgan fingerprint density at radius 1 is 1.12 bits per heavy atom. The minimum atomic E-state index is -0.267. The molecule has 0 saturated carbocycles. The van der Waals surface area contributed by atoms with Crippen LogP contribution in [0.3, 0.4) is 0 Å². The van der Waals surface area contributed by atoms with Crippen molar-refractivity contribution in [3.05, 3.63) is 63.8 Å². The molecular weight excluding hydrogens is 375 g/mol. The lowest BCUT2D eigenvalue weighted by molar-refractivity contribution is 0.102. The third-order valence-corrected chi connectivity index (χ3v) is 4.62. The fourth-order valence-corrected chi connectivity index (χ4v) is 2.87. The van der Waals surface area contributed by atoms with E-state index in [1.165, 1.54) is 0 Å². The van der Waals surface area contributed by atoms with Gasteiger partial charge in [0.1, 0.15) is 11.5 Å². The van der Waals surface area contributed by atoms with E-state index >= 15 is 0 Å². The van der Waals surface area contributed by atoms with E-state index in [0.29, 0.717) is 27.0 Å². The van der Waals surface area contributed by atoms with Gasteiger partial charge in [0.05, 0.1) is 10.0 Å². The maximum atomic E-state index is 12.5. The number of carbonyl (C=O) groups is 1. The number of fused-ring (bicyclic) bond motifs is 1. The molecule has 8 N–H and O–H groups in total. The molecule has 0 aliphatic heterocycles. The Balaban J connectivity index is 0.00000117. The van der Waals surface area contributed by atoms with Crippen LogP contribution in [0.1, 0.15) is 16.1 Å². The molecule has 0 saturated heterocycles. The number of aromatic nitrogens is 1. The first-order valence-corrected chi connectivity index (χ1v) is 8.16. The molecule has 0 aliphatic carbocycles. The van der Waals surface area contributed by atoms with Gasteiger partial charge in [-0.25, -0.2) is 0 Å². The number of aryl methyl sites for hydroxylation is 1. The molecule has 0 fully saturated rings. The Morgan fingerprint density at radius 2 is 1.73 bits per heavy atom. The largest absolute Gasteiger partial charge is 0.384 e. The van der Waals surface area contributed by atoms with Crippen molar-refractivity contribution in [2.75, 3.05) is 5.32 Å². The van der Waals surface area contributed by atoms with Crippen molar-refractivity contribution >= 4 is 51.5 Å². The van der Waals surface area contributed by atoms with Crippen LogP contribution >= 0.6 is 23.2 Å². The van der Waals surface area contributed by atoms with Gasteiger partial charge in [-0.3, -0.25) is 21.9 Å². The van der Waals surface area contributed by atoms with Gasteiger partial charge in [-0.2, -0.15) is 0 Å². The molecular formula is C17H18Cl2N6O. The monoisotopic (exact) mass is 392 g/mol. The molecule has 0 bridgehead atoms. The Kier molecular flexibility index (Phi) is 6.23. The number of nitrogens with two attached hydrogens (primary N) is 3. The number of nitrogen functional groups attached to an aromatic ring is 1. The normalized spacial score (nSPS) is 10.2.